The highest BCUT2D eigenvalue weighted by Gasteiger charge is 2.34. The molecule has 0 atom stereocenters. The van der Waals surface area contributed by atoms with Crippen LogP contribution in [0.3, 0.4) is 0 Å². The van der Waals surface area contributed by atoms with Gasteiger partial charge >= 0.3 is 0 Å². The smallest absolute Gasteiger partial charge is 0.201 e. The number of nitriles is 1. The van der Waals surface area contributed by atoms with Crippen molar-refractivity contribution >= 4 is 49.4 Å². The highest BCUT2D eigenvalue weighted by atomic mass is 79.9. The zero-order chi connectivity index (χ0) is 12.2. The van der Waals surface area contributed by atoms with Crippen LogP contribution in [-0.2, 0) is 0 Å². The van der Waals surface area contributed by atoms with Crippen LogP contribution in [-0.4, -0.2) is 15.5 Å². The average molecular weight is 365 g/mol. The van der Waals surface area contributed by atoms with E-state index in [4.69, 9.17) is 10.00 Å². The third-order valence-electron chi connectivity index (χ3n) is 1.79. The van der Waals surface area contributed by atoms with Gasteiger partial charge in [-0.25, -0.2) is 0 Å². The van der Waals surface area contributed by atoms with Crippen LogP contribution in [0.5, 0.6) is 5.75 Å². The van der Waals surface area contributed by atoms with Gasteiger partial charge in [-0.1, -0.05) is 31.9 Å². The van der Waals surface area contributed by atoms with Gasteiger partial charge in [0.15, 0.2) is 0 Å². The van der Waals surface area contributed by atoms with Gasteiger partial charge in [0, 0.05) is 5.56 Å². The first-order chi connectivity index (χ1) is 7.51. The van der Waals surface area contributed by atoms with Crippen molar-refractivity contribution in [1.82, 2.24) is 0 Å². The van der Waals surface area contributed by atoms with E-state index in [2.05, 4.69) is 31.9 Å². The lowest BCUT2D eigenvalue weighted by Crippen LogP contribution is -2.20. The first-order valence-corrected chi connectivity index (χ1v) is 6.55. The Morgan fingerprint density at radius 1 is 1.44 bits per heavy atom. The SMILES string of the molecule is COc1ccc(C(=O)C(Br)(Br)SC#N)cc1. The molecule has 0 spiro atoms. The lowest BCUT2D eigenvalue weighted by atomic mass is 10.1. The summed E-state index contributed by atoms with van der Waals surface area (Å²) in [5.74, 6) is 0.459. The highest BCUT2D eigenvalue weighted by Crippen LogP contribution is 2.41. The third kappa shape index (κ3) is 3.24. The molecule has 1 rings (SSSR count). The predicted octanol–water partition coefficient (Wildman–Crippen LogP) is 3.54. The maximum Gasteiger partial charge on any atom is 0.201 e. The summed E-state index contributed by atoms with van der Waals surface area (Å²) >= 11 is 7.12. The van der Waals surface area contributed by atoms with Crippen molar-refractivity contribution in [2.45, 2.75) is 2.57 Å². The maximum absolute atomic E-state index is 11.9. The number of alkyl halides is 2. The summed E-state index contributed by atoms with van der Waals surface area (Å²) in [4.78, 5) is 11.9. The molecular formula is C10H7Br2NO2S. The van der Waals surface area contributed by atoms with Crippen molar-refractivity contribution < 1.29 is 9.53 Å². The first-order valence-electron chi connectivity index (χ1n) is 4.15. The summed E-state index contributed by atoms with van der Waals surface area (Å²) in [5.41, 5.74) is 0.498. The molecule has 0 saturated heterocycles. The molecule has 0 saturated carbocycles. The molecule has 3 nitrogen and oxygen atoms in total. The first kappa shape index (κ1) is 13.6. The van der Waals surface area contributed by atoms with Crippen LogP contribution in [0.4, 0.5) is 0 Å². The van der Waals surface area contributed by atoms with Crippen LogP contribution in [0.2, 0.25) is 0 Å². The summed E-state index contributed by atoms with van der Waals surface area (Å²) in [7, 11) is 1.56. The Morgan fingerprint density at radius 3 is 2.44 bits per heavy atom. The van der Waals surface area contributed by atoms with E-state index in [0.717, 1.165) is 11.8 Å². The molecule has 0 amide bonds. The van der Waals surface area contributed by atoms with E-state index in [9.17, 15) is 4.79 Å². The molecule has 0 aromatic heterocycles. The van der Waals surface area contributed by atoms with Crippen LogP contribution in [0.1, 0.15) is 10.4 Å². The fourth-order valence-electron chi connectivity index (χ4n) is 1.01. The topological polar surface area (TPSA) is 50.1 Å². The van der Waals surface area contributed by atoms with Crippen LogP contribution < -0.4 is 4.74 Å². The third-order valence-corrected chi connectivity index (χ3v) is 4.01. The number of hydrogen-bond acceptors (Lipinski definition) is 4. The number of thioether (sulfide) groups is 1. The summed E-state index contributed by atoms with van der Waals surface area (Å²) < 4.78 is 3.90. The van der Waals surface area contributed by atoms with Gasteiger partial charge in [0.2, 0.25) is 8.35 Å². The minimum atomic E-state index is -1.09. The molecule has 0 N–H and O–H groups in total. The van der Waals surface area contributed by atoms with Crippen LogP contribution in [0.25, 0.3) is 0 Å². The van der Waals surface area contributed by atoms with Gasteiger partial charge in [0.05, 0.1) is 7.11 Å². The number of nitrogens with zero attached hydrogens (tertiary/aromatic N) is 1. The second-order valence-corrected chi connectivity index (χ2v) is 8.26. The lowest BCUT2D eigenvalue weighted by Gasteiger charge is -2.14. The Morgan fingerprint density at radius 2 is 2.00 bits per heavy atom. The van der Waals surface area contributed by atoms with Crippen molar-refractivity contribution in [2.75, 3.05) is 7.11 Å². The largest absolute Gasteiger partial charge is 0.497 e. The molecule has 0 aliphatic rings. The summed E-state index contributed by atoms with van der Waals surface area (Å²) in [5, 5.41) is 10.4. The molecule has 1 aromatic rings. The number of methoxy groups -OCH3 is 1. The number of ether oxygens (including phenoxy) is 1. The van der Waals surface area contributed by atoms with Gasteiger partial charge in [-0.15, -0.1) is 0 Å². The second-order valence-electron chi connectivity index (χ2n) is 2.77. The minimum absolute atomic E-state index is 0.221. The Balaban J connectivity index is 2.93. The monoisotopic (exact) mass is 363 g/mol. The number of halogens is 2. The number of carbonyl (C=O) groups is 1. The molecule has 0 aliphatic carbocycles. The molecule has 16 heavy (non-hydrogen) atoms. The maximum atomic E-state index is 11.9. The molecule has 0 radical (unpaired) electrons. The second kappa shape index (κ2) is 5.71. The summed E-state index contributed by atoms with van der Waals surface area (Å²) in [6, 6.07) is 6.69. The standard InChI is InChI=1S/C10H7Br2NO2S/c1-15-8-4-2-7(3-5-8)9(14)10(11,12)16-6-13/h2-5H,1H3. The minimum Gasteiger partial charge on any atom is -0.497 e. The quantitative estimate of drug-likeness (QED) is 0.465. The zero-order valence-corrected chi connectivity index (χ0v) is 12.2. The molecule has 0 fully saturated rings. The van der Waals surface area contributed by atoms with E-state index in [1.807, 2.05) is 5.40 Å². The van der Waals surface area contributed by atoms with Crippen molar-refractivity contribution in [2.24, 2.45) is 0 Å². The number of rotatable bonds is 4. The van der Waals surface area contributed by atoms with Crippen LogP contribution in [0.15, 0.2) is 24.3 Å². The van der Waals surface area contributed by atoms with Crippen molar-refractivity contribution in [3.8, 4) is 11.2 Å². The Labute approximate surface area is 114 Å². The molecule has 1 aromatic carbocycles. The number of carbonyl (C=O) groups excluding carboxylic acids is 1. The highest BCUT2D eigenvalue weighted by molar-refractivity contribution is 9.28. The normalized spacial score (nSPS) is 10.6. The van der Waals surface area contributed by atoms with Gasteiger partial charge in [-0.3, -0.25) is 4.79 Å². The van der Waals surface area contributed by atoms with Crippen LogP contribution >= 0.6 is 43.6 Å². The van der Waals surface area contributed by atoms with E-state index in [1.165, 1.54) is 0 Å². The Hall–Kier alpha value is -0.510. The van der Waals surface area contributed by atoms with Crippen molar-refractivity contribution in [1.29, 1.82) is 5.26 Å². The lowest BCUT2D eigenvalue weighted by molar-refractivity contribution is 0.101. The number of benzene rings is 1. The van der Waals surface area contributed by atoms with E-state index in [1.54, 1.807) is 31.4 Å². The fraction of sp³-hybridized carbons (Fsp3) is 0.200. The average Bonchev–Trinajstić information content (AvgIpc) is 2.28. The number of hydrogen-bond donors (Lipinski definition) is 0. The summed E-state index contributed by atoms with van der Waals surface area (Å²) in [6.45, 7) is 0. The molecule has 84 valence electrons. The van der Waals surface area contributed by atoms with Crippen LogP contribution in [0, 0.1) is 10.7 Å². The Kier molecular flexibility index (Phi) is 4.84. The number of thiocyanates is 1. The molecule has 0 heterocycles. The van der Waals surface area contributed by atoms with Gasteiger partial charge in [-0.05, 0) is 36.0 Å². The Bertz CT molecular complexity index is 425. The van der Waals surface area contributed by atoms with E-state index in [-0.39, 0.29) is 5.78 Å². The molecule has 0 unspecified atom stereocenters. The van der Waals surface area contributed by atoms with Gasteiger partial charge in [0.1, 0.15) is 11.2 Å². The fourth-order valence-corrected chi connectivity index (χ4v) is 2.23. The van der Waals surface area contributed by atoms with Crippen molar-refractivity contribution in [3.63, 3.8) is 0 Å². The van der Waals surface area contributed by atoms with Gasteiger partial charge in [0.25, 0.3) is 0 Å². The van der Waals surface area contributed by atoms with Gasteiger partial charge < -0.3 is 4.74 Å². The summed E-state index contributed by atoms with van der Waals surface area (Å²) in [6.07, 6.45) is 0. The van der Waals surface area contributed by atoms with E-state index >= 15 is 0 Å². The molecule has 6 heteroatoms. The predicted molar refractivity (Wildman–Crippen MR) is 71.1 cm³/mol. The molecule has 0 bridgehead atoms. The van der Waals surface area contributed by atoms with E-state index < -0.39 is 2.57 Å². The number of Topliss-reactive ketones (excluding diaryl/α,β-unsaturated/α-hetero) is 1. The van der Waals surface area contributed by atoms with Gasteiger partial charge in [-0.2, -0.15) is 5.26 Å². The molecular weight excluding hydrogens is 358 g/mol. The van der Waals surface area contributed by atoms with Crippen molar-refractivity contribution in [3.05, 3.63) is 29.8 Å². The zero-order valence-electron chi connectivity index (χ0n) is 8.24. The number of ketones is 1. The van der Waals surface area contributed by atoms with E-state index in [0.29, 0.717) is 11.3 Å². The molecule has 0 aliphatic heterocycles.